The molecule has 2 aliphatic heterocycles. The minimum atomic E-state index is -1.09. The molecule has 4 rings (SSSR count). The van der Waals surface area contributed by atoms with Crippen LogP contribution in [0.25, 0.3) is 6.08 Å². The summed E-state index contributed by atoms with van der Waals surface area (Å²) >= 11 is 0. The number of ether oxygens (including phenoxy) is 6. The van der Waals surface area contributed by atoms with E-state index in [1.54, 1.807) is 50.2 Å². The molecule has 2 heterocycles. The fraction of sp³-hybridized carbons (Fsp3) is 0.345. The van der Waals surface area contributed by atoms with E-state index in [2.05, 4.69) is 4.74 Å². The minimum absolute atomic E-state index is 0.0213. The first-order chi connectivity index (χ1) is 19.7. The number of carboxylic acids is 1. The van der Waals surface area contributed by atoms with Gasteiger partial charge in [0.25, 0.3) is 0 Å². The van der Waals surface area contributed by atoms with Crippen LogP contribution in [0, 0.1) is 0 Å². The first-order valence-corrected chi connectivity index (χ1v) is 12.7. The van der Waals surface area contributed by atoms with Crippen LogP contribution >= 0.6 is 0 Å². The van der Waals surface area contributed by atoms with Gasteiger partial charge in [0.05, 0.1) is 26.1 Å². The number of esters is 2. The van der Waals surface area contributed by atoms with E-state index < -0.39 is 18.4 Å². The summed E-state index contributed by atoms with van der Waals surface area (Å²) in [4.78, 5) is 53.7. The maximum atomic E-state index is 11.7. The van der Waals surface area contributed by atoms with Crippen molar-refractivity contribution in [3.63, 3.8) is 0 Å². The molecule has 220 valence electrons. The second-order valence-electron chi connectivity index (χ2n) is 8.31. The van der Waals surface area contributed by atoms with Crippen molar-refractivity contribution in [3.8, 4) is 23.0 Å². The predicted molar refractivity (Wildman–Crippen MR) is 144 cm³/mol. The molecule has 0 radical (unpaired) electrons. The molecule has 41 heavy (non-hydrogen) atoms. The topological polar surface area (TPSA) is 161 Å². The van der Waals surface area contributed by atoms with Crippen molar-refractivity contribution < 1.29 is 57.5 Å². The maximum Gasteiger partial charge on any atom is 0.334 e. The van der Waals surface area contributed by atoms with Gasteiger partial charge in [0, 0.05) is 17.6 Å². The summed E-state index contributed by atoms with van der Waals surface area (Å²) in [5.74, 6) is 0.545. The highest BCUT2D eigenvalue weighted by atomic mass is 16.7. The molecule has 0 aliphatic carbocycles. The zero-order valence-electron chi connectivity index (χ0n) is 23.0. The van der Waals surface area contributed by atoms with Gasteiger partial charge in [0.15, 0.2) is 23.0 Å². The number of carbonyl (C=O) groups excluding carboxylic acids is 4. The minimum Gasteiger partial charge on any atom is -0.481 e. The fourth-order valence-corrected chi connectivity index (χ4v) is 3.27. The quantitative estimate of drug-likeness (QED) is 0.248. The lowest BCUT2D eigenvalue weighted by atomic mass is 10.1. The third kappa shape index (κ3) is 11.4. The van der Waals surface area contributed by atoms with E-state index in [1.807, 2.05) is 0 Å². The molecule has 0 saturated heterocycles. The van der Waals surface area contributed by atoms with E-state index in [9.17, 15) is 24.0 Å². The van der Waals surface area contributed by atoms with Crippen LogP contribution in [0.5, 0.6) is 23.0 Å². The number of rotatable bonds is 10. The van der Waals surface area contributed by atoms with Crippen LogP contribution < -0.4 is 18.9 Å². The largest absolute Gasteiger partial charge is 0.481 e. The van der Waals surface area contributed by atoms with Crippen LogP contribution in [-0.2, 0) is 28.7 Å². The van der Waals surface area contributed by atoms with E-state index in [1.165, 1.54) is 13.0 Å². The molecule has 2 aromatic carbocycles. The number of hydrogen-bond acceptors (Lipinski definition) is 11. The third-order valence-electron chi connectivity index (χ3n) is 5.14. The van der Waals surface area contributed by atoms with Crippen molar-refractivity contribution in [1.82, 2.24) is 0 Å². The fourth-order valence-electron chi connectivity index (χ4n) is 3.27. The van der Waals surface area contributed by atoms with Gasteiger partial charge in [-0.1, -0.05) is 6.07 Å². The Morgan fingerprint density at radius 1 is 0.805 bits per heavy atom. The molecule has 0 spiro atoms. The highest BCUT2D eigenvalue weighted by Crippen LogP contribution is 2.33. The van der Waals surface area contributed by atoms with Gasteiger partial charge in [0.1, 0.15) is 12.1 Å². The highest BCUT2D eigenvalue weighted by molar-refractivity contribution is 5.98. The van der Waals surface area contributed by atoms with Crippen molar-refractivity contribution in [3.05, 3.63) is 53.1 Å². The Morgan fingerprint density at radius 3 is 1.85 bits per heavy atom. The predicted octanol–water partition coefficient (Wildman–Crippen LogP) is 3.98. The maximum absolute atomic E-state index is 11.7. The van der Waals surface area contributed by atoms with Gasteiger partial charge in [-0.05, 0) is 62.7 Å². The van der Waals surface area contributed by atoms with Crippen LogP contribution in [0.15, 0.2) is 42.0 Å². The number of carboxylic acid groups (broad SMARTS) is 1. The van der Waals surface area contributed by atoms with Gasteiger partial charge >= 0.3 is 17.9 Å². The zero-order valence-corrected chi connectivity index (χ0v) is 23.0. The number of hydrogen-bond donors (Lipinski definition) is 1. The first kappa shape index (κ1) is 32.3. The molecular weight excluding hydrogens is 540 g/mol. The number of Topliss-reactive ketones (excluding diaryl/α,β-unsaturated/α-hetero) is 1. The second kappa shape index (κ2) is 17.0. The average Bonchev–Trinajstić information content (AvgIpc) is 3.61. The second-order valence-corrected chi connectivity index (χ2v) is 8.31. The van der Waals surface area contributed by atoms with Crippen LogP contribution in [0.1, 0.15) is 56.0 Å². The molecule has 0 atom stereocenters. The summed E-state index contributed by atoms with van der Waals surface area (Å²) in [5.41, 5.74) is 1.34. The number of fused-ring (bicyclic) bond motifs is 2. The van der Waals surface area contributed by atoms with E-state index in [0.717, 1.165) is 6.29 Å². The monoisotopic (exact) mass is 572 g/mol. The Bertz CT molecular complexity index is 1260. The van der Waals surface area contributed by atoms with Gasteiger partial charge in [0.2, 0.25) is 13.6 Å². The molecule has 2 aliphatic rings. The molecule has 0 fully saturated rings. The number of ketones is 1. The Labute approximate surface area is 236 Å². The molecule has 0 saturated carbocycles. The zero-order chi connectivity index (χ0) is 30.2. The molecule has 0 aromatic heterocycles. The van der Waals surface area contributed by atoms with E-state index in [4.69, 9.17) is 28.8 Å². The lowest BCUT2D eigenvalue weighted by Gasteiger charge is -2.05. The summed E-state index contributed by atoms with van der Waals surface area (Å²) in [7, 11) is 0. The molecule has 2 aromatic rings. The van der Waals surface area contributed by atoms with E-state index >= 15 is 0 Å². The molecule has 12 heteroatoms. The lowest BCUT2D eigenvalue weighted by Crippen LogP contribution is -2.11. The summed E-state index contributed by atoms with van der Waals surface area (Å²) in [6, 6.07) is 10.2. The summed E-state index contributed by atoms with van der Waals surface area (Å²) < 4.78 is 30.0. The lowest BCUT2D eigenvalue weighted by molar-refractivity contribution is -0.144. The van der Waals surface area contributed by atoms with Gasteiger partial charge in [-0.3, -0.25) is 14.4 Å². The number of carbonyl (C=O) groups is 5. The first-order valence-electron chi connectivity index (χ1n) is 12.7. The van der Waals surface area contributed by atoms with Crippen molar-refractivity contribution in [2.75, 3.05) is 26.8 Å². The highest BCUT2D eigenvalue weighted by Gasteiger charge is 2.17. The normalized spacial score (nSPS) is 12.1. The molecule has 0 unspecified atom stereocenters. The Balaban J connectivity index is 0.000000237. The van der Waals surface area contributed by atoms with E-state index in [0.29, 0.717) is 47.2 Å². The average molecular weight is 573 g/mol. The Morgan fingerprint density at radius 2 is 1.34 bits per heavy atom. The van der Waals surface area contributed by atoms with Crippen LogP contribution in [0.3, 0.4) is 0 Å². The molecule has 12 nitrogen and oxygen atoms in total. The van der Waals surface area contributed by atoms with Gasteiger partial charge < -0.3 is 38.3 Å². The summed E-state index contributed by atoms with van der Waals surface area (Å²) in [6.07, 6.45) is 2.37. The smallest absolute Gasteiger partial charge is 0.334 e. The molecular formula is C29H32O12. The standard InChI is InChI=1S/C14H14O6.C8H6O3.C7H12O3/c1-2-18-14(17)10(7-13(15)16)5-9-3-4-11-12(6-9)20-8-19-11;9-4-6-1-2-7-8(3-6)11-5-10-7;1-3-10-7(9)5-4-6(2)8/h3-6H,2,7-8H2,1H3,(H,15,16);1-4H,5H2;3-5H2,1-2H3/b10-5-;;. The van der Waals surface area contributed by atoms with Crippen LogP contribution in [0.4, 0.5) is 0 Å². The number of benzene rings is 2. The molecule has 0 bridgehead atoms. The van der Waals surface area contributed by atoms with Crippen LogP contribution in [0.2, 0.25) is 0 Å². The third-order valence-corrected chi connectivity index (χ3v) is 5.14. The van der Waals surface area contributed by atoms with Crippen molar-refractivity contribution in [2.45, 2.75) is 40.0 Å². The van der Waals surface area contributed by atoms with Crippen LogP contribution in [-0.4, -0.2) is 61.9 Å². The number of aliphatic carboxylic acids is 1. The van der Waals surface area contributed by atoms with Gasteiger partial charge in [-0.25, -0.2) is 4.79 Å². The summed E-state index contributed by atoms with van der Waals surface area (Å²) in [5, 5.41) is 8.84. The van der Waals surface area contributed by atoms with Gasteiger partial charge in [-0.15, -0.1) is 0 Å². The SMILES string of the molecule is CCOC(=O)/C(=C\c1ccc2c(c1)OCO2)CC(=O)O.CCOC(=O)CCC(C)=O.O=Cc1ccc2c(c1)OCO2. The molecule has 0 amide bonds. The Hall–Kier alpha value is -4.87. The van der Waals surface area contributed by atoms with Crippen molar-refractivity contribution in [1.29, 1.82) is 0 Å². The van der Waals surface area contributed by atoms with Crippen molar-refractivity contribution >= 4 is 36.1 Å². The van der Waals surface area contributed by atoms with Crippen molar-refractivity contribution in [2.24, 2.45) is 0 Å². The van der Waals surface area contributed by atoms with Gasteiger partial charge in [-0.2, -0.15) is 0 Å². The van der Waals surface area contributed by atoms with E-state index in [-0.39, 0.29) is 43.9 Å². The summed E-state index contributed by atoms with van der Waals surface area (Å²) in [6.45, 7) is 5.84. The molecule has 1 N–H and O–H groups in total. The number of aldehydes is 1. The Kier molecular flexibility index (Phi) is 13.4.